The fourth-order valence-corrected chi connectivity index (χ4v) is 7.20. The third-order valence-electron chi connectivity index (χ3n) is 10.6. The second-order valence-electron chi connectivity index (χ2n) is 15.4. The zero-order valence-electron chi connectivity index (χ0n) is 36.7. The minimum atomic E-state index is -0.461. The van der Waals surface area contributed by atoms with Crippen molar-refractivity contribution < 1.29 is 42.1 Å². The van der Waals surface area contributed by atoms with Crippen molar-refractivity contribution in [3.8, 4) is 39.9 Å². The monoisotopic (exact) mass is 891 g/mol. The quantitative estimate of drug-likeness (QED) is 0.0468. The SMILES string of the molecule is COC(=O)c1cccc(COc2c(-c3ccc(OCCOCCOCCn4cc(CCCCOc5ccc(-c6cc(=O)c7cc(C)ccc7o6)cc5)nn4)cc3)oc3ccccc3c2=O)c1. The lowest BCUT2D eigenvalue weighted by Crippen LogP contribution is -2.13. The van der Waals surface area contributed by atoms with Crippen LogP contribution in [0.2, 0.25) is 0 Å². The highest BCUT2D eigenvalue weighted by Crippen LogP contribution is 2.33. The van der Waals surface area contributed by atoms with Gasteiger partial charge in [0.1, 0.15) is 41.6 Å². The van der Waals surface area contributed by atoms with Crippen LogP contribution in [0, 0.1) is 6.92 Å². The molecule has 5 aromatic carbocycles. The van der Waals surface area contributed by atoms with Gasteiger partial charge in [0.15, 0.2) is 11.2 Å². The summed E-state index contributed by atoms with van der Waals surface area (Å²) >= 11 is 0. The van der Waals surface area contributed by atoms with Gasteiger partial charge in [0.2, 0.25) is 11.2 Å². The van der Waals surface area contributed by atoms with Crippen molar-refractivity contribution in [1.29, 1.82) is 0 Å². The Morgan fingerprint density at radius 2 is 1.39 bits per heavy atom. The van der Waals surface area contributed by atoms with Crippen LogP contribution in [0.1, 0.15) is 40.0 Å². The Morgan fingerprint density at radius 3 is 2.20 bits per heavy atom. The zero-order chi connectivity index (χ0) is 45.7. The fraction of sp³-hybridized carbons (Fsp3) is 0.250. The van der Waals surface area contributed by atoms with E-state index in [0.29, 0.717) is 96.3 Å². The molecule has 0 atom stereocenters. The molecule has 0 aliphatic rings. The van der Waals surface area contributed by atoms with Gasteiger partial charge in [-0.1, -0.05) is 41.1 Å². The third-order valence-corrected chi connectivity index (χ3v) is 10.6. The van der Waals surface area contributed by atoms with E-state index in [1.165, 1.54) is 13.2 Å². The number of para-hydroxylation sites is 1. The van der Waals surface area contributed by atoms with E-state index in [4.69, 9.17) is 37.3 Å². The Kier molecular flexibility index (Phi) is 14.9. The zero-order valence-corrected chi connectivity index (χ0v) is 36.7. The van der Waals surface area contributed by atoms with E-state index in [9.17, 15) is 14.4 Å². The van der Waals surface area contributed by atoms with E-state index in [0.717, 1.165) is 41.8 Å². The van der Waals surface area contributed by atoms with Crippen molar-refractivity contribution in [2.24, 2.45) is 0 Å². The minimum absolute atomic E-state index is 0.0350. The molecule has 0 radical (unpaired) electrons. The van der Waals surface area contributed by atoms with Gasteiger partial charge in [-0.2, -0.15) is 0 Å². The number of hydrogen-bond donors (Lipinski definition) is 0. The molecule has 3 heterocycles. The molecule has 8 rings (SSSR count). The number of methoxy groups -OCH3 is 1. The van der Waals surface area contributed by atoms with Crippen molar-refractivity contribution in [3.05, 3.63) is 170 Å². The number of aryl methyl sites for hydroxylation is 2. The van der Waals surface area contributed by atoms with Crippen molar-refractivity contribution in [2.45, 2.75) is 39.3 Å². The lowest BCUT2D eigenvalue weighted by atomic mass is 10.1. The highest BCUT2D eigenvalue weighted by atomic mass is 16.5. The summed E-state index contributed by atoms with van der Waals surface area (Å²) in [5, 5.41) is 9.49. The van der Waals surface area contributed by atoms with Crippen LogP contribution >= 0.6 is 0 Å². The molecule has 0 saturated heterocycles. The minimum Gasteiger partial charge on any atom is -0.494 e. The molecule has 0 unspecified atom stereocenters. The lowest BCUT2D eigenvalue weighted by molar-refractivity contribution is 0.0333. The average Bonchev–Trinajstić information content (AvgIpc) is 3.80. The summed E-state index contributed by atoms with van der Waals surface area (Å²) in [6, 6.07) is 35.7. The maximum absolute atomic E-state index is 13.6. The van der Waals surface area contributed by atoms with E-state index < -0.39 is 5.97 Å². The molecule has 0 amide bonds. The van der Waals surface area contributed by atoms with E-state index in [2.05, 4.69) is 10.3 Å². The van der Waals surface area contributed by atoms with Crippen molar-refractivity contribution >= 4 is 27.9 Å². The molecular weight excluding hydrogens is 843 g/mol. The van der Waals surface area contributed by atoms with E-state index in [-0.39, 0.29) is 29.0 Å². The number of rotatable bonds is 22. The molecule has 8 aromatic rings. The molecule has 0 aliphatic heterocycles. The molecule has 338 valence electrons. The highest BCUT2D eigenvalue weighted by molar-refractivity contribution is 5.89. The lowest BCUT2D eigenvalue weighted by Gasteiger charge is -2.13. The van der Waals surface area contributed by atoms with Gasteiger partial charge in [-0.05, 0) is 117 Å². The summed E-state index contributed by atoms with van der Waals surface area (Å²) in [5.41, 5.74) is 5.09. The van der Waals surface area contributed by atoms with E-state index >= 15 is 0 Å². The average molecular weight is 892 g/mol. The van der Waals surface area contributed by atoms with Crippen LogP contribution in [-0.4, -0.2) is 67.7 Å². The second kappa shape index (κ2) is 21.9. The third kappa shape index (κ3) is 11.6. The maximum atomic E-state index is 13.6. The van der Waals surface area contributed by atoms with Crippen LogP contribution in [0.25, 0.3) is 44.6 Å². The fourth-order valence-electron chi connectivity index (χ4n) is 7.20. The molecule has 0 N–H and O–H groups in total. The molecule has 14 heteroatoms. The number of carbonyl (C=O) groups excluding carboxylic acids is 1. The number of ether oxygens (including phenoxy) is 6. The number of aromatic nitrogens is 3. The molecule has 66 heavy (non-hydrogen) atoms. The topological polar surface area (TPSA) is 164 Å². The number of carbonyl (C=O) groups is 1. The first-order valence-electron chi connectivity index (χ1n) is 21.7. The first kappa shape index (κ1) is 45.0. The summed E-state index contributed by atoms with van der Waals surface area (Å²) in [5.74, 6) is 1.79. The Morgan fingerprint density at radius 1 is 0.667 bits per heavy atom. The van der Waals surface area contributed by atoms with Gasteiger partial charge < -0.3 is 37.3 Å². The Bertz CT molecular complexity index is 3010. The first-order valence-corrected chi connectivity index (χ1v) is 21.7. The molecule has 0 saturated carbocycles. The summed E-state index contributed by atoms with van der Waals surface area (Å²) < 4.78 is 48.2. The molecule has 14 nitrogen and oxygen atoms in total. The number of esters is 1. The van der Waals surface area contributed by atoms with Crippen LogP contribution < -0.4 is 25.1 Å². The summed E-state index contributed by atoms with van der Waals surface area (Å²) in [6.07, 6.45) is 4.49. The standard InChI is InChI=1S/C52H49N3O11/c1-35-13-22-47-44(30-35)45(56)32-48(65-47)37-14-18-41(19-15-37)62-24-6-5-10-40-33-55(54-53-40)23-25-60-26-27-61-28-29-63-42-20-16-38(17-21-42)50-51(49(57)43-11-3-4-12-46(43)66-50)64-34-36-8-7-9-39(31-36)52(58)59-2/h3-4,7-9,11-22,30-33H,5-6,10,23-29,34H2,1-2H3. The number of unbranched alkanes of at least 4 members (excludes halogenated alkanes) is 1. The highest BCUT2D eigenvalue weighted by Gasteiger charge is 2.19. The van der Waals surface area contributed by atoms with Crippen molar-refractivity contribution in [2.75, 3.05) is 46.8 Å². The first-order chi connectivity index (χ1) is 32.3. The van der Waals surface area contributed by atoms with Gasteiger partial charge >= 0.3 is 5.97 Å². The van der Waals surface area contributed by atoms with Gasteiger partial charge in [-0.3, -0.25) is 9.59 Å². The molecular formula is C52H49N3O11. The van der Waals surface area contributed by atoms with Crippen LogP contribution in [0.15, 0.2) is 146 Å². The molecule has 3 aromatic heterocycles. The summed E-state index contributed by atoms with van der Waals surface area (Å²) in [4.78, 5) is 38.3. The van der Waals surface area contributed by atoms with Crippen LogP contribution in [0.5, 0.6) is 17.2 Å². The van der Waals surface area contributed by atoms with Crippen LogP contribution in [0.4, 0.5) is 0 Å². The van der Waals surface area contributed by atoms with Gasteiger partial charge in [-0.25, -0.2) is 9.48 Å². The molecule has 0 fully saturated rings. The normalized spacial score (nSPS) is 11.2. The number of fused-ring (bicyclic) bond motifs is 2. The van der Waals surface area contributed by atoms with Crippen molar-refractivity contribution in [3.63, 3.8) is 0 Å². The Labute approximate surface area is 380 Å². The maximum Gasteiger partial charge on any atom is 0.337 e. The van der Waals surface area contributed by atoms with Gasteiger partial charge in [0.25, 0.3) is 0 Å². The van der Waals surface area contributed by atoms with Crippen molar-refractivity contribution in [1.82, 2.24) is 15.0 Å². The molecule has 0 aliphatic carbocycles. The smallest absolute Gasteiger partial charge is 0.337 e. The second-order valence-corrected chi connectivity index (χ2v) is 15.4. The summed E-state index contributed by atoms with van der Waals surface area (Å²) in [7, 11) is 1.32. The largest absolute Gasteiger partial charge is 0.494 e. The van der Waals surface area contributed by atoms with Gasteiger partial charge in [0.05, 0.1) is 68.7 Å². The Hall–Kier alpha value is -7.55. The number of nitrogens with zero attached hydrogens (tertiary/aromatic N) is 3. The van der Waals surface area contributed by atoms with E-state index in [1.54, 1.807) is 77.5 Å². The number of benzene rings is 5. The van der Waals surface area contributed by atoms with Gasteiger partial charge in [-0.15, -0.1) is 5.10 Å². The summed E-state index contributed by atoms with van der Waals surface area (Å²) in [6.45, 7) is 5.15. The molecule has 0 spiro atoms. The number of hydrogen-bond acceptors (Lipinski definition) is 13. The van der Waals surface area contributed by atoms with Crippen LogP contribution in [-0.2, 0) is 33.8 Å². The van der Waals surface area contributed by atoms with E-state index in [1.807, 2.05) is 55.6 Å². The Balaban J connectivity index is 0.701. The van der Waals surface area contributed by atoms with Gasteiger partial charge in [0, 0.05) is 23.4 Å². The molecule has 0 bridgehead atoms. The van der Waals surface area contributed by atoms with Crippen LogP contribution in [0.3, 0.4) is 0 Å². The predicted octanol–water partition coefficient (Wildman–Crippen LogP) is 9.01. The predicted molar refractivity (Wildman–Crippen MR) is 248 cm³/mol.